The number of aliphatic hydroxyl groups is 5. The Morgan fingerprint density at radius 2 is 1.44 bits per heavy atom. The first-order valence-electron chi connectivity index (χ1n) is 15.4. The minimum Gasteiger partial charge on any atom is -0.394 e. The minimum absolute atomic E-state index is 0.151. The van der Waals surface area contributed by atoms with Crippen LogP contribution in [0.1, 0.15) is 117 Å². The molecule has 6 N–H and O–H groups in total. The van der Waals surface area contributed by atoms with Gasteiger partial charge in [-0.15, -0.1) is 0 Å². The van der Waals surface area contributed by atoms with Crippen LogP contribution in [0, 0.1) is 0 Å². The number of carbonyl (C=O) groups excluding carboxylic acids is 1. The van der Waals surface area contributed by atoms with Crippen LogP contribution in [0.15, 0.2) is 12.2 Å². The van der Waals surface area contributed by atoms with E-state index in [-0.39, 0.29) is 12.5 Å². The first-order valence-corrected chi connectivity index (χ1v) is 15.4. The van der Waals surface area contributed by atoms with Crippen LogP contribution in [-0.4, -0.2) is 87.5 Å². The molecule has 0 bridgehead atoms. The van der Waals surface area contributed by atoms with Crippen LogP contribution in [0.4, 0.5) is 0 Å². The number of ether oxygens (including phenoxy) is 2. The maximum absolute atomic E-state index is 12.5. The normalized spacial score (nSPS) is 25.2. The fourth-order valence-electron chi connectivity index (χ4n) is 4.78. The van der Waals surface area contributed by atoms with Gasteiger partial charge in [0.15, 0.2) is 6.29 Å². The molecule has 0 aromatic rings. The van der Waals surface area contributed by atoms with Crippen molar-refractivity contribution in [2.75, 3.05) is 13.2 Å². The fourth-order valence-corrected chi connectivity index (χ4v) is 4.78. The molecule has 1 amide bonds. The molecule has 9 nitrogen and oxygen atoms in total. The van der Waals surface area contributed by atoms with Gasteiger partial charge < -0.3 is 40.3 Å². The van der Waals surface area contributed by atoms with Crippen LogP contribution in [0.5, 0.6) is 0 Å². The summed E-state index contributed by atoms with van der Waals surface area (Å²) in [7, 11) is 0. The lowest BCUT2D eigenvalue weighted by atomic mass is 9.99. The second-order valence-corrected chi connectivity index (χ2v) is 10.9. The van der Waals surface area contributed by atoms with Crippen molar-refractivity contribution in [3.8, 4) is 0 Å². The maximum atomic E-state index is 12.5. The first kappa shape index (κ1) is 36.0. The van der Waals surface area contributed by atoms with Crippen LogP contribution in [0.25, 0.3) is 0 Å². The van der Waals surface area contributed by atoms with Crippen LogP contribution in [0.2, 0.25) is 0 Å². The second kappa shape index (κ2) is 22.6. The van der Waals surface area contributed by atoms with E-state index in [1.54, 1.807) is 0 Å². The standard InChI is InChI=1S/C30H57NO8/c1-3-5-6-7-8-9-10-11-12-13-14-15-16-17-18-20-26(34)31-23(24(33)19-4-2)22-38-30-29(37)28(36)27(35)25(21-32)39-30/h11-12,23-25,27-30,32-33,35-37H,3-10,13-22H2,1-2H3,(H,31,34)/b12-11-/t23-,24+,25?,27-,28-,29?,30+/m0/s1. The molecule has 1 heterocycles. The summed E-state index contributed by atoms with van der Waals surface area (Å²) in [5.74, 6) is -0.176. The van der Waals surface area contributed by atoms with Gasteiger partial charge in [0.2, 0.25) is 5.91 Å². The fraction of sp³-hybridized carbons (Fsp3) is 0.900. The average Bonchev–Trinajstić information content (AvgIpc) is 2.92. The van der Waals surface area contributed by atoms with Crippen molar-refractivity contribution in [1.29, 1.82) is 0 Å². The molecule has 0 radical (unpaired) electrons. The summed E-state index contributed by atoms with van der Waals surface area (Å²) in [5.41, 5.74) is 0. The molecule has 1 aliphatic heterocycles. The molecule has 2 unspecified atom stereocenters. The quantitative estimate of drug-likeness (QED) is 0.0823. The van der Waals surface area contributed by atoms with Crippen molar-refractivity contribution in [2.24, 2.45) is 0 Å². The van der Waals surface area contributed by atoms with Gasteiger partial charge in [-0.3, -0.25) is 4.79 Å². The Labute approximate surface area is 236 Å². The maximum Gasteiger partial charge on any atom is 0.220 e. The lowest BCUT2D eigenvalue weighted by Gasteiger charge is -2.40. The SMILES string of the molecule is CCCCCCCC/C=C\CCCCCCCC(=O)N[C@@H](CO[C@@H]1OC(CO)[C@H](O)[C@H](O)C1O)[C@H](O)CCC. The molecule has 39 heavy (non-hydrogen) atoms. The van der Waals surface area contributed by atoms with Crippen LogP contribution < -0.4 is 5.32 Å². The molecule has 1 fully saturated rings. The van der Waals surface area contributed by atoms with E-state index in [4.69, 9.17) is 9.47 Å². The molecule has 1 rings (SSSR count). The molecule has 230 valence electrons. The number of rotatable bonds is 23. The second-order valence-electron chi connectivity index (χ2n) is 10.9. The Morgan fingerprint density at radius 3 is 2.03 bits per heavy atom. The lowest BCUT2D eigenvalue weighted by Crippen LogP contribution is -2.60. The predicted octanol–water partition coefficient (Wildman–Crippen LogP) is 3.49. The number of nitrogens with one attached hydrogen (secondary N) is 1. The number of hydrogen-bond acceptors (Lipinski definition) is 8. The number of unbranched alkanes of at least 4 members (excludes halogenated alkanes) is 11. The van der Waals surface area contributed by atoms with E-state index in [2.05, 4.69) is 24.4 Å². The summed E-state index contributed by atoms with van der Waals surface area (Å²) < 4.78 is 10.9. The van der Waals surface area contributed by atoms with Crippen molar-refractivity contribution < 1.29 is 39.8 Å². The van der Waals surface area contributed by atoms with E-state index >= 15 is 0 Å². The van der Waals surface area contributed by atoms with Crippen molar-refractivity contribution in [3.63, 3.8) is 0 Å². The Bertz CT molecular complexity index is 632. The van der Waals surface area contributed by atoms with Gasteiger partial charge >= 0.3 is 0 Å². The van der Waals surface area contributed by atoms with Crippen molar-refractivity contribution >= 4 is 5.91 Å². The van der Waals surface area contributed by atoms with Gasteiger partial charge in [-0.05, 0) is 38.5 Å². The summed E-state index contributed by atoms with van der Waals surface area (Å²) in [5, 5.41) is 52.7. The predicted molar refractivity (Wildman–Crippen MR) is 152 cm³/mol. The summed E-state index contributed by atoms with van der Waals surface area (Å²) in [6.45, 7) is 3.46. The Hall–Kier alpha value is -1.07. The molecule has 0 saturated carbocycles. The highest BCUT2D eigenvalue weighted by Gasteiger charge is 2.44. The molecule has 0 aromatic carbocycles. The van der Waals surface area contributed by atoms with E-state index in [1.165, 1.54) is 51.4 Å². The summed E-state index contributed by atoms with van der Waals surface area (Å²) >= 11 is 0. The van der Waals surface area contributed by atoms with Crippen LogP contribution in [-0.2, 0) is 14.3 Å². The number of allylic oxidation sites excluding steroid dienone is 2. The molecule has 0 spiro atoms. The lowest BCUT2D eigenvalue weighted by molar-refractivity contribution is -0.302. The molecule has 0 aliphatic carbocycles. The minimum atomic E-state index is -1.55. The summed E-state index contributed by atoms with van der Waals surface area (Å²) in [4.78, 5) is 12.5. The van der Waals surface area contributed by atoms with E-state index in [9.17, 15) is 30.3 Å². The van der Waals surface area contributed by atoms with E-state index in [0.717, 1.165) is 32.1 Å². The summed E-state index contributed by atoms with van der Waals surface area (Å²) in [6, 6.07) is -0.715. The highest BCUT2D eigenvalue weighted by molar-refractivity contribution is 5.76. The van der Waals surface area contributed by atoms with Gasteiger partial charge in [-0.25, -0.2) is 0 Å². The average molecular weight is 560 g/mol. The summed E-state index contributed by atoms with van der Waals surface area (Å²) in [6.07, 6.45) is 13.8. The monoisotopic (exact) mass is 559 g/mol. The van der Waals surface area contributed by atoms with Crippen molar-refractivity contribution in [1.82, 2.24) is 5.32 Å². The van der Waals surface area contributed by atoms with Gasteiger partial charge in [-0.2, -0.15) is 0 Å². The van der Waals surface area contributed by atoms with Crippen molar-refractivity contribution in [2.45, 2.75) is 159 Å². The highest BCUT2D eigenvalue weighted by Crippen LogP contribution is 2.22. The van der Waals surface area contributed by atoms with Crippen molar-refractivity contribution in [3.05, 3.63) is 12.2 Å². The number of aliphatic hydroxyl groups excluding tert-OH is 5. The third kappa shape index (κ3) is 15.5. The molecule has 7 atom stereocenters. The zero-order chi connectivity index (χ0) is 28.9. The van der Waals surface area contributed by atoms with Gasteiger partial charge in [0.05, 0.1) is 25.4 Å². The molecule has 1 saturated heterocycles. The highest BCUT2D eigenvalue weighted by atomic mass is 16.7. The largest absolute Gasteiger partial charge is 0.394 e. The third-order valence-corrected chi connectivity index (χ3v) is 7.35. The number of hydrogen-bond donors (Lipinski definition) is 6. The van der Waals surface area contributed by atoms with Crippen LogP contribution in [0.3, 0.4) is 0 Å². The zero-order valence-corrected chi connectivity index (χ0v) is 24.4. The molecule has 0 aromatic heterocycles. The van der Waals surface area contributed by atoms with Gasteiger partial charge in [0.25, 0.3) is 0 Å². The molecule has 1 aliphatic rings. The van der Waals surface area contributed by atoms with E-state index < -0.39 is 49.5 Å². The first-order chi connectivity index (χ1) is 18.8. The van der Waals surface area contributed by atoms with Gasteiger partial charge in [0, 0.05) is 6.42 Å². The number of amides is 1. The van der Waals surface area contributed by atoms with E-state index in [1.807, 2.05) is 6.92 Å². The van der Waals surface area contributed by atoms with E-state index in [0.29, 0.717) is 19.3 Å². The zero-order valence-electron chi connectivity index (χ0n) is 24.4. The number of carbonyl (C=O) groups is 1. The van der Waals surface area contributed by atoms with Gasteiger partial charge in [-0.1, -0.05) is 83.8 Å². The topological polar surface area (TPSA) is 149 Å². The van der Waals surface area contributed by atoms with Gasteiger partial charge in [0.1, 0.15) is 24.4 Å². The Morgan fingerprint density at radius 1 is 0.846 bits per heavy atom. The Kier molecular flexibility index (Phi) is 20.8. The molecular weight excluding hydrogens is 502 g/mol. The smallest absolute Gasteiger partial charge is 0.220 e. The molecule has 9 heteroatoms. The Balaban J connectivity index is 2.25. The molecular formula is C30H57NO8. The third-order valence-electron chi connectivity index (χ3n) is 7.35. The van der Waals surface area contributed by atoms with Crippen LogP contribution >= 0.6 is 0 Å².